The Morgan fingerprint density at radius 2 is 1.98 bits per heavy atom. The smallest absolute Gasteiger partial charge is 0.403 e. The van der Waals surface area contributed by atoms with Crippen molar-refractivity contribution in [2.75, 3.05) is 19.7 Å². The first-order chi connectivity index (χ1) is 20.3. The molecule has 0 radical (unpaired) electrons. The lowest BCUT2D eigenvalue weighted by atomic mass is 9.90. The molecule has 0 saturated heterocycles. The second-order valence-electron chi connectivity index (χ2n) is 11.4. The van der Waals surface area contributed by atoms with Crippen LogP contribution in [0.1, 0.15) is 78.6 Å². The van der Waals surface area contributed by atoms with Gasteiger partial charge in [0.25, 0.3) is 0 Å². The summed E-state index contributed by atoms with van der Waals surface area (Å²) >= 11 is 0. The number of aromatic amines is 1. The van der Waals surface area contributed by atoms with E-state index in [-0.39, 0.29) is 31.4 Å². The van der Waals surface area contributed by atoms with Crippen LogP contribution in [-0.2, 0) is 20.7 Å². The second-order valence-corrected chi connectivity index (χ2v) is 11.4. The Kier molecular flexibility index (Phi) is 16.9. The molecule has 11 nitrogen and oxygen atoms in total. The van der Waals surface area contributed by atoms with Crippen molar-refractivity contribution in [3.63, 3.8) is 0 Å². The normalized spacial score (nSPS) is 13.2. The molecule has 1 aromatic rings. The minimum Gasteiger partial charge on any atom is -0.403 e. The molecule has 1 rings (SSSR count). The van der Waals surface area contributed by atoms with E-state index in [4.69, 9.17) is 10.3 Å². The van der Waals surface area contributed by atoms with Gasteiger partial charge in [0.2, 0.25) is 11.8 Å². The van der Waals surface area contributed by atoms with Gasteiger partial charge in [-0.1, -0.05) is 26.8 Å². The van der Waals surface area contributed by atoms with Gasteiger partial charge in [-0.05, 0) is 69.2 Å². The molecule has 0 unspecified atom stereocenters. The van der Waals surface area contributed by atoms with Crippen molar-refractivity contribution in [1.29, 1.82) is 5.53 Å². The van der Waals surface area contributed by atoms with E-state index in [9.17, 15) is 19.0 Å². The first-order valence-electron chi connectivity index (χ1n) is 14.5. The predicted octanol–water partition coefficient (Wildman–Crippen LogP) is 4.23. The number of aromatic nitrogens is 1. The van der Waals surface area contributed by atoms with Gasteiger partial charge < -0.3 is 40.3 Å². The van der Waals surface area contributed by atoms with Crippen molar-refractivity contribution in [2.24, 2.45) is 10.5 Å². The number of halogens is 1. The van der Waals surface area contributed by atoms with Crippen molar-refractivity contribution < 1.29 is 23.7 Å². The molecule has 7 N–H and O–H groups in total. The van der Waals surface area contributed by atoms with Gasteiger partial charge >= 0.3 is 7.69 Å². The Labute approximate surface area is 255 Å². The zero-order chi connectivity index (χ0) is 32.3. The average molecular weight is 602 g/mol. The number of rotatable bonds is 21. The molecule has 0 bridgehead atoms. The molecule has 0 aliphatic carbocycles. The molecule has 0 atom stereocenters. The van der Waals surface area contributed by atoms with Crippen LogP contribution in [0.4, 0.5) is 4.32 Å². The Bertz CT molecular complexity index is 1150. The number of hydrogen-bond donors (Lipinski definition) is 7. The Hall–Kier alpha value is -3.71. The number of ether oxygens (including phenoxy) is 1. The van der Waals surface area contributed by atoms with Crippen molar-refractivity contribution in [3.8, 4) is 0 Å². The number of aliphatic hydroxyl groups is 1. The maximum Gasteiger partial charge on any atom is 0.441 e. The van der Waals surface area contributed by atoms with Gasteiger partial charge in [-0.25, -0.2) is 5.53 Å². The Balaban J connectivity index is 2.37. The highest BCUT2D eigenvalue weighted by Gasteiger charge is 2.25. The van der Waals surface area contributed by atoms with E-state index in [1.807, 2.05) is 52.0 Å². The number of carbonyl (C=O) groups excluding carboxylic acids is 2. The number of nitrogens with one attached hydrogen (secondary N) is 6. The molecule has 0 spiro atoms. The zero-order valence-electron chi connectivity index (χ0n) is 26.4. The highest BCUT2D eigenvalue weighted by atomic mass is 19.1. The predicted molar refractivity (Wildman–Crippen MR) is 169 cm³/mol. The van der Waals surface area contributed by atoms with Crippen LogP contribution in [0.3, 0.4) is 0 Å². The number of amides is 2. The van der Waals surface area contributed by atoms with Crippen molar-refractivity contribution in [2.45, 2.75) is 79.4 Å². The summed E-state index contributed by atoms with van der Waals surface area (Å²) in [5.41, 5.74) is 11.1. The minimum absolute atomic E-state index is 0.154. The fraction of sp³-hybridized carbons (Fsp3) is 0.533. The van der Waals surface area contributed by atoms with E-state index in [0.29, 0.717) is 18.7 Å². The van der Waals surface area contributed by atoms with Crippen LogP contribution in [0.25, 0.3) is 6.08 Å². The van der Waals surface area contributed by atoms with Gasteiger partial charge in [0, 0.05) is 61.5 Å². The molecule has 13 heteroatoms. The quantitative estimate of drug-likeness (QED) is 0.0278. The fourth-order valence-corrected chi connectivity index (χ4v) is 3.86. The van der Waals surface area contributed by atoms with Gasteiger partial charge in [-0.2, -0.15) is 5.11 Å². The van der Waals surface area contributed by atoms with E-state index in [1.165, 1.54) is 26.1 Å². The van der Waals surface area contributed by atoms with Gasteiger partial charge in [0.1, 0.15) is 0 Å². The summed E-state index contributed by atoms with van der Waals surface area (Å²) in [6.45, 7) is 11.9. The second kappa shape index (κ2) is 19.5. The van der Waals surface area contributed by atoms with Crippen LogP contribution in [0.2, 0.25) is 0 Å². The minimum atomic E-state index is -1.27. The summed E-state index contributed by atoms with van der Waals surface area (Å²) < 4.78 is 18.2. The van der Waals surface area contributed by atoms with E-state index in [0.717, 1.165) is 41.9 Å². The van der Waals surface area contributed by atoms with E-state index in [1.54, 1.807) is 6.20 Å². The third-order valence-corrected chi connectivity index (χ3v) is 6.06. The lowest BCUT2D eigenvalue weighted by Crippen LogP contribution is -2.33. The number of H-pyrrole nitrogens is 1. The van der Waals surface area contributed by atoms with Gasteiger partial charge in [0.05, 0.1) is 12.3 Å². The topological polar surface area (TPSA) is 164 Å². The molecule has 0 aliphatic rings. The van der Waals surface area contributed by atoms with Crippen LogP contribution in [0.5, 0.6) is 0 Å². The largest absolute Gasteiger partial charge is 0.441 e. The summed E-state index contributed by atoms with van der Waals surface area (Å²) in [5, 5.41) is 24.4. The van der Waals surface area contributed by atoms with Crippen LogP contribution < -0.4 is 21.2 Å². The molecular formula is C30H49BFN7O4. The molecule has 238 valence electrons. The molecule has 43 heavy (non-hydrogen) atoms. The van der Waals surface area contributed by atoms with E-state index < -0.39 is 18.9 Å². The molecule has 1 heterocycles. The van der Waals surface area contributed by atoms with Crippen LogP contribution in [-0.4, -0.2) is 55.1 Å². The SMILES string of the molecule is CC/C=C(C)\C(=C\c1ccc(CCCN/C=C(/CCNC(=O)/C=C/NC(=O)CC(C)(C)COC(C)(C)O)N=N)[nH]1)NBF. The summed E-state index contributed by atoms with van der Waals surface area (Å²) in [4.78, 5) is 27.6. The van der Waals surface area contributed by atoms with Crippen molar-refractivity contribution in [1.82, 2.24) is 26.2 Å². The Morgan fingerprint density at radius 3 is 2.63 bits per heavy atom. The van der Waals surface area contributed by atoms with Crippen molar-refractivity contribution >= 4 is 25.6 Å². The first kappa shape index (κ1) is 37.3. The zero-order valence-corrected chi connectivity index (χ0v) is 26.4. The maximum absolute atomic E-state index is 12.9. The third-order valence-electron chi connectivity index (χ3n) is 6.06. The van der Waals surface area contributed by atoms with E-state index in [2.05, 4.69) is 31.3 Å². The van der Waals surface area contributed by atoms with Crippen LogP contribution in [0, 0.1) is 10.9 Å². The number of hydrogen-bond acceptors (Lipinski definition) is 8. The number of nitrogens with zero attached hydrogens (tertiary/aromatic N) is 1. The highest BCUT2D eigenvalue weighted by molar-refractivity contribution is 6.23. The average Bonchev–Trinajstić information content (AvgIpc) is 3.37. The fourth-order valence-electron chi connectivity index (χ4n) is 3.86. The molecule has 0 aliphatic heterocycles. The monoisotopic (exact) mass is 601 g/mol. The molecule has 0 aromatic carbocycles. The lowest BCUT2D eigenvalue weighted by Gasteiger charge is -2.28. The van der Waals surface area contributed by atoms with Gasteiger partial charge in [0.15, 0.2) is 5.79 Å². The Morgan fingerprint density at radius 1 is 1.23 bits per heavy atom. The van der Waals surface area contributed by atoms with E-state index >= 15 is 0 Å². The molecular weight excluding hydrogens is 552 g/mol. The third kappa shape index (κ3) is 17.8. The number of carbonyl (C=O) groups is 2. The summed E-state index contributed by atoms with van der Waals surface area (Å²) in [6, 6.07) is 3.98. The van der Waals surface area contributed by atoms with Crippen molar-refractivity contribution in [3.05, 3.63) is 65.0 Å². The number of allylic oxidation sites excluding steroid dienone is 2. The van der Waals surface area contributed by atoms with Gasteiger partial charge in [-0.15, -0.1) is 0 Å². The number of aryl methyl sites for hydroxylation is 1. The standard InChI is InChI=1S/C30H49BFN7O4/c1-7-9-22(2)26(38-31-32)18-24-12-11-23(37-24)10-8-15-34-20-25(39-33)13-16-35-27(40)14-17-36-28(41)19-29(3,4)21-43-30(5,6)42/h9,11-12,14,17-18,20,31,33-34,37-38,42H,7-8,10,13,15-16,19,21H2,1-6H3,(H,35,40)(H,36,41)/b17-14+,22-9-,25-20-,26-18-,39-33?. The maximum atomic E-state index is 12.9. The van der Waals surface area contributed by atoms with Crippen LogP contribution >= 0.6 is 0 Å². The lowest BCUT2D eigenvalue weighted by molar-refractivity contribution is -0.192. The first-order valence-corrected chi connectivity index (χ1v) is 14.5. The summed E-state index contributed by atoms with van der Waals surface area (Å²) in [5.74, 6) is -1.93. The molecule has 2 amide bonds. The van der Waals surface area contributed by atoms with Gasteiger partial charge in [-0.3, -0.25) is 9.59 Å². The molecule has 0 saturated carbocycles. The highest BCUT2D eigenvalue weighted by Crippen LogP contribution is 2.23. The summed E-state index contributed by atoms with van der Waals surface area (Å²) in [7, 11) is -0.634. The molecule has 0 fully saturated rings. The molecule has 1 aromatic heterocycles. The van der Waals surface area contributed by atoms with Crippen LogP contribution in [0.15, 0.2) is 58.8 Å². The summed E-state index contributed by atoms with van der Waals surface area (Å²) in [6.07, 6.45) is 11.2.